The Morgan fingerprint density at radius 1 is 1.44 bits per heavy atom. The Morgan fingerprint density at radius 3 is 2.67 bits per heavy atom. The van der Waals surface area contributed by atoms with Crippen LogP contribution in [-0.2, 0) is 16.0 Å². The zero-order valence-electron chi connectivity index (χ0n) is 10.9. The zero-order valence-corrected chi connectivity index (χ0v) is 11.6. The van der Waals surface area contributed by atoms with Crippen LogP contribution in [0.5, 0.6) is 0 Å². The Bertz CT molecular complexity index is 418. The van der Waals surface area contributed by atoms with Gasteiger partial charge in [0.15, 0.2) is 5.78 Å². The van der Waals surface area contributed by atoms with E-state index < -0.39 is 6.10 Å². The predicted octanol–water partition coefficient (Wildman–Crippen LogP) is 3.65. The molecule has 0 spiro atoms. The van der Waals surface area contributed by atoms with E-state index in [2.05, 4.69) is 0 Å². The lowest BCUT2D eigenvalue weighted by Gasteiger charge is -2.19. The van der Waals surface area contributed by atoms with Crippen molar-refractivity contribution < 1.29 is 13.9 Å². The molecule has 0 saturated carbocycles. The molecule has 0 N–H and O–H groups in total. The lowest BCUT2D eigenvalue weighted by Crippen LogP contribution is -2.31. The molecule has 4 heteroatoms. The van der Waals surface area contributed by atoms with E-state index in [1.807, 2.05) is 20.8 Å². The van der Waals surface area contributed by atoms with Crippen LogP contribution in [0.2, 0.25) is 5.02 Å². The number of carbonyl (C=O) groups is 1. The molecule has 0 fully saturated rings. The molecule has 1 unspecified atom stereocenters. The van der Waals surface area contributed by atoms with Gasteiger partial charge in [0.05, 0.1) is 0 Å². The number of halogens is 2. The Hall–Kier alpha value is -0.930. The van der Waals surface area contributed by atoms with Gasteiger partial charge in [-0.2, -0.15) is 0 Å². The molecule has 0 aliphatic heterocycles. The summed E-state index contributed by atoms with van der Waals surface area (Å²) in [4.78, 5) is 12.1. The van der Waals surface area contributed by atoms with Gasteiger partial charge in [-0.25, -0.2) is 4.39 Å². The lowest BCUT2D eigenvalue weighted by atomic mass is 9.97. The third-order valence-electron chi connectivity index (χ3n) is 2.64. The summed E-state index contributed by atoms with van der Waals surface area (Å²) in [6.45, 7) is 6.17. The predicted molar refractivity (Wildman–Crippen MR) is 70.4 cm³/mol. The molecular weight excluding hydrogens is 255 g/mol. The number of Topliss-reactive ketones (excluding diaryl/α,β-unsaturated/α-hetero) is 1. The van der Waals surface area contributed by atoms with Gasteiger partial charge in [0, 0.05) is 18.1 Å². The summed E-state index contributed by atoms with van der Waals surface area (Å²) in [6.07, 6.45) is -0.367. The Kier molecular flexibility index (Phi) is 5.76. The van der Waals surface area contributed by atoms with Gasteiger partial charge >= 0.3 is 0 Å². The maximum atomic E-state index is 13.1. The largest absolute Gasteiger partial charge is 0.370 e. The molecular formula is C14H18ClFO2. The van der Waals surface area contributed by atoms with Gasteiger partial charge in [-0.05, 0) is 36.6 Å². The van der Waals surface area contributed by atoms with E-state index in [1.165, 1.54) is 18.2 Å². The molecule has 18 heavy (non-hydrogen) atoms. The normalized spacial score (nSPS) is 12.8. The molecule has 1 aromatic carbocycles. The van der Waals surface area contributed by atoms with E-state index >= 15 is 0 Å². The first-order valence-corrected chi connectivity index (χ1v) is 6.41. The molecule has 0 aliphatic rings. The highest BCUT2D eigenvalue weighted by molar-refractivity contribution is 6.31. The summed E-state index contributed by atoms with van der Waals surface area (Å²) in [5, 5.41) is 0.406. The Morgan fingerprint density at radius 2 is 2.11 bits per heavy atom. The molecule has 0 aromatic heterocycles. The van der Waals surface area contributed by atoms with Gasteiger partial charge in [-0.1, -0.05) is 25.4 Å². The van der Waals surface area contributed by atoms with Crippen molar-refractivity contribution in [3.8, 4) is 0 Å². The number of hydrogen-bond acceptors (Lipinski definition) is 2. The Balaban J connectivity index is 2.82. The van der Waals surface area contributed by atoms with Gasteiger partial charge in [0.1, 0.15) is 11.9 Å². The molecule has 0 aliphatic carbocycles. The van der Waals surface area contributed by atoms with Crippen LogP contribution in [-0.4, -0.2) is 18.5 Å². The van der Waals surface area contributed by atoms with Crippen molar-refractivity contribution >= 4 is 17.4 Å². The maximum absolute atomic E-state index is 13.1. The van der Waals surface area contributed by atoms with Crippen molar-refractivity contribution in [1.82, 2.24) is 0 Å². The number of benzene rings is 1. The average molecular weight is 273 g/mol. The third kappa shape index (κ3) is 4.07. The van der Waals surface area contributed by atoms with E-state index in [4.69, 9.17) is 16.3 Å². The fourth-order valence-electron chi connectivity index (χ4n) is 1.80. The second-order valence-electron chi connectivity index (χ2n) is 4.50. The van der Waals surface area contributed by atoms with Crippen LogP contribution in [0.25, 0.3) is 0 Å². The highest BCUT2D eigenvalue weighted by Crippen LogP contribution is 2.20. The Labute approximate surface area is 112 Å². The first-order chi connectivity index (χ1) is 8.45. The maximum Gasteiger partial charge on any atom is 0.166 e. The number of ether oxygens (including phenoxy) is 1. The first-order valence-electron chi connectivity index (χ1n) is 6.04. The molecule has 0 radical (unpaired) electrons. The van der Waals surface area contributed by atoms with Crippen LogP contribution >= 0.6 is 11.6 Å². The third-order valence-corrected chi connectivity index (χ3v) is 3.01. The monoisotopic (exact) mass is 272 g/mol. The second kappa shape index (κ2) is 6.86. The van der Waals surface area contributed by atoms with Crippen LogP contribution in [0.15, 0.2) is 18.2 Å². The van der Waals surface area contributed by atoms with Crippen molar-refractivity contribution in [2.45, 2.75) is 33.3 Å². The van der Waals surface area contributed by atoms with Gasteiger partial charge in [0.2, 0.25) is 0 Å². The summed E-state index contributed by atoms with van der Waals surface area (Å²) in [6, 6.07) is 4.03. The molecule has 1 atom stereocenters. The average Bonchev–Trinajstić information content (AvgIpc) is 2.30. The summed E-state index contributed by atoms with van der Waals surface area (Å²) in [5.74, 6) is -0.371. The summed E-state index contributed by atoms with van der Waals surface area (Å²) in [5.41, 5.74) is 0.506. The number of ketones is 1. The SMILES string of the molecule is CCOC(C(=O)Cc1cc(F)ccc1Cl)C(C)C. The van der Waals surface area contributed by atoms with Crippen LogP contribution in [0.3, 0.4) is 0 Å². The topological polar surface area (TPSA) is 26.3 Å². The molecule has 2 nitrogen and oxygen atoms in total. The molecule has 0 bridgehead atoms. The summed E-state index contributed by atoms with van der Waals surface area (Å²) in [7, 11) is 0. The minimum Gasteiger partial charge on any atom is -0.370 e. The standard InChI is InChI=1S/C14H18ClFO2/c1-4-18-14(9(2)3)13(17)8-10-7-11(16)5-6-12(10)15/h5-7,9,14H,4,8H2,1-3H3. The molecule has 1 aromatic rings. The van der Waals surface area contributed by atoms with Crippen molar-refractivity contribution in [3.63, 3.8) is 0 Å². The number of hydrogen-bond donors (Lipinski definition) is 0. The first kappa shape index (κ1) is 15.1. The van der Waals surface area contributed by atoms with Crippen molar-refractivity contribution in [2.24, 2.45) is 5.92 Å². The minimum absolute atomic E-state index is 0.0700. The van der Waals surface area contributed by atoms with Gasteiger partial charge in [-0.3, -0.25) is 4.79 Å². The van der Waals surface area contributed by atoms with Crippen LogP contribution in [0.1, 0.15) is 26.3 Å². The van der Waals surface area contributed by atoms with Crippen molar-refractivity contribution in [3.05, 3.63) is 34.6 Å². The fourth-order valence-corrected chi connectivity index (χ4v) is 1.99. The summed E-state index contributed by atoms with van der Waals surface area (Å²) < 4.78 is 18.5. The highest BCUT2D eigenvalue weighted by atomic mass is 35.5. The highest BCUT2D eigenvalue weighted by Gasteiger charge is 2.23. The van der Waals surface area contributed by atoms with E-state index in [0.717, 1.165) is 0 Å². The van der Waals surface area contributed by atoms with Gasteiger partial charge in [-0.15, -0.1) is 0 Å². The van der Waals surface area contributed by atoms with E-state index in [0.29, 0.717) is 17.2 Å². The fraction of sp³-hybridized carbons (Fsp3) is 0.500. The van der Waals surface area contributed by atoms with Crippen molar-refractivity contribution in [1.29, 1.82) is 0 Å². The van der Waals surface area contributed by atoms with Crippen LogP contribution in [0, 0.1) is 11.7 Å². The zero-order chi connectivity index (χ0) is 13.7. The van der Waals surface area contributed by atoms with Crippen LogP contribution in [0.4, 0.5) is 4.39 Å². The van der Waals surface area contributed by atoms with E-state index in [9.17, 15) is 9.18 Å². The summed E-state index contributed by atoms with van der Waals surface area (Å²) >= 11 is 5.94. The van der Waals surface area contributed by atoms with Crippen LogP contribution < -0.4 is 0 Å². The molecule has 0 amide bonds. The molecule has 100 valence electrons. The molecule has 0 saturated heterocycles. The lowest BCUT2D eigenvalue weighted by molar-refractivity contribution is -0.132. The van der Waals surface area contributed by atoms with Crippen molar-refractivity contribution in [2.75, 3.05) is 6.61 Å². The number of rotatable bonds is 6. The van der Waals surface area contributed by atoms with Gasteiger partial charge in [0.25, 0.3) is 0 Å². The quantitative estimate of drug-likeness (QED) is 0.790. The second-order valence-corrected chi connectivity index (χ2v) is 4.91. The van der Waals surface area contributed by atoms with E-state index in [1.54, 1.807) is 0 Å². The smallest absolute Gasteiger partial charge is 0.166 e. The molecule has 0 heterocycles. The van der Waals surface area contributed by atoms with Gasteiger partial charge < -0.3 is 4.74 Å². The van der Waals surface area contributed by atoms with E-state index in [-0.39, 0.29) is 23.9 Å². The number of carbonyl (C=O) groups excluding carboxylic acids is 1. The molecule has 1 rings (SSSR count). The minimum atomic E-state index is -0.464.